The minimum atomic E-state index is -0.597. The van der Waals surface area contributed by atoms with Gasteiger partial charge in [-0.3, -0.25) is 4.68 Å². The van der Waals surface area contributed by atoms with Crippen LogP contribution in [0.5, 0.6) is 23.0 Å². The molecule has 0 N–H and O–H groups in total. The fourth-order valence-electron chi connectivity index (χ4n) is 3.97. The minimum Gasteiger partial charge on any atom is -0.496 e. The van der Waals surface area contributed by atoms with Gasteiger partial charge in [0, 0.05) is 24.1 Å². The van der Waals surface area contributed by atoms with E-state index >= 15 is 0 Å². The molecule has 0 bridgehead atoms. The van der Waals surface area contributed by atoms with Gasteiger partial charge in [-0.1, -0.05) is 0 Å². The van der Waals surface area contributed by atoms with E-state index in [4.69, 9.17) is 23.7 Å². The lowest BCUT2D eigenvalue weighted by atomic mass is 10.0. The van der Waals surface area contributed by atoms with Gasteiger partial charge in [-0.25, -0.2) is 14.6 Å². The highest BCUT2D eigenvalue weighted by atomic mass is 16.5. The highest BCUT2D eigenvalue weighted by molar-refractivity contribution is 5.98. The van der Waals surface area contributed by atoms with Crippen LogP contribution >= 0.6 is 0 Å². The van der Waals surface area contributed by atoms with Crippen LogP contribution in [0, 0.1) is 27.7 Å². The van der Waals surface area contributed by atoms with Crippen molar-refractivity contribution >= 4 is 11.9 Å². The first kappa shape index (κ1) is 26.5. The van der Waals surface area contributed by atoms with Crippen molar-refractivity contribution in [1.29, 1.82) is 0 Å². The fraction of sp³-hybridized carbons (Fsp3) is 0.385. The molecule has 0 aliphatic carbocycles. The van der Waals surface area contributed by atoms with Crippen molar-refractivity contribution in [3.63, 3.8) is 0 Å². The molecule has 36 heavy (non-hydrogen) atoms. The molecule has 0 amide bonds. The van der Waals surface area contributed by atoms with E-state index in [2.05, 4.69) is 10.1 Å². The van der Waals surface area contributed by atoms with Crippen molar-refractivity contribution in [3.8, 4) is 23.0 Å². The zero-order chi connectivity index (χ0) is 26.4. The van der Waals surface area contributed by atoms with E-state index in [1.54, 1.807) is 57.9 Å². The number of aryl methyl sites for hydroxylation is 3. The highest BCUT2D eigenvalue weighted by Crippen LogP contribution is 2.38. The van der Waals surface area contributed by atoms with Crippen molar-refractivity contribution in [2.75, 3.05) is 27.9 Å². The summed E-state index contributed by atoms with van der Waals surface area (Å²) in [4.78, 5) is 29.8. The molecular weight excluding hydrogens is 466 g/mol. The third-order valence-electron chi connectivity index (χ3n) is 5.82. The number of benzene rings is 2. The Morgan fingerprint density at radius 1 is 0.861 bits per heavy atom. The Morgan fingerprint density at radius 3 is 2.08 bits per heavy atom. The molecule has 1 aromatic heterocycles. The van der Waals surface area contributed by atoms with Gasteiger partial charge >= 0.3 is 11.9 Å². The molecule has 0 spiro atoms. The molecule has 0 aliphatic heterocycles. The lowest BCUT2D eigenvalue weighted by Crippen LogP contribution is -2.16. The number of ether oxygens (including phenoxy) is 5. The zero-order valence-corrected chi connectivity index (χ0v) is 21.6. The van der Waals surface area contributed by atoms with Crippen LogP contribution in [0.15, 0.2) is 24.8 Å². The lowest BCUT2D eigenvalue weighted by molar-refractivity contribution is 0.0594. The Bertz CT molecular complexity index is 1250. The second-order valence-corrected chi connectivity index (χ2v) is 8.19. The van der Waals surface area contributed by atoms with E-state index in [1.807, 2.05) is 0 Å². The Balaban J connectivity index is 1.94. The number of rotatable bonds is 10. The summed E-state index contributed by atoms with van der Waals surface area (Å²) in [7, 11) is 4.35. The second kappa shape index (κ2) is 11.6. The van der Waals surface area contributed by atoms with Gasteiger partial charge in [0.25, 0.3) is 0 Å². The number of carbonyl (C=O) groups is 2. The quantitative estimate of drug-likeness (QED) is 0.233. The molecule has 3 aromatic rings. The average molecular weight is 498 g/mol. The number of methoxy groups -OCH3 is 3. The molecule has 192 valence electrons. The molecule has 0 unspecified atom stereocenters. The summed E-state index contributed by atoms with van der Waals surface area (Å²) in [5, 5.41) is 4.07. The number of nitrogens with zero attached hydrogens (tertiary/aromatic N) is 3. The summed E-state index contributed by atoms with van der Waals surface area (Å²) in [5.74, 6) is 0.423. The fourth-order valence-corrected chi connectivity index (χ4v) is 3.97. The number of esters is 2. The Hall–Kier alpha value is -4.08. The van der Waals surface area contributed by atoms with Crippen molar-refractivity contribution in [2.24, 2.45) is 0 Å². The molecule has 0 atom stereocenters. The summed E-state index contributed by atoms with van der Waals surface area (Å²) in [6.45, 7) is 7.93. The van der Waals surface area contributed by atoms with Gasteiger partial charge in [0.2, 0.25) is 0 Å². The van der Waals surface area contributed by atoms with E-state index in [1.165, 1.54) is 20.5 Å². The smallest absolute Gasteiger partial charge is 0.347 e. The largest absolute Gasteiger partial charge is 0.496 e. The van der Waals surface area contributed by atoms with Crippen molar-refractivity contribution in [2.45, 2.75) is 40.7 Å². The average Bonchev–Trinajstić information content (AvgIpc) is 3.38. The van der Waals surface area contributed by atoms with Crippen LogP contribution in [-0.4, -0.2) is 54.6 Å². The molecule has 0 saturated heterocycles. The maximum atomic E-state index is 13.3. The first-order chi connectivity index (χ1) is 17.2. The van der Waals surface area contributed by atoms with E-state index in [9.17, 15) is 9.59 Å². The molecule has 3 rings (SSSR count). The predicted octanol–water partition coefficient (Wildman–Crippen LogP) is 4.00. The van der Waals surface area contributed by atoms with E-state index in [0.717, 1.165) is 0 Å². The summed E-state index contributed by atoms with van der Waals surface area (Å²) >= 11 is 0. The molecule has 10 heteroatoms. The number of aromatic nitrogens is 3. The molecule has 1 heterocycles. The second-order valence-electron chi connectivity index (χ2n) is 8.19. The van der Waals surface area contributed by atoms with Crippen LogP contribution in [0.2, 0.25) is 0 Å². The normalized spacial score (nSPS) is 10.6. The molecule has 0 radical (unpaired) electrons. The molecule has 0 saturated carbocycles. The Morgan fingerprint density at radius 2 is 1.50 bits per heavy atom. The molecule has 10 nitrogen and oxygen atoms in total. The Labute approximate surface area is 210 Å². The standard InChI is InChI=1S/C26H31N3O7/c1-15-11-19(32-5)17(3)23(33-6)21(15)26(31)36-20-12-16(2)22(25(30)34-7)24(18(20)4)35-10-8-9-29-14-27-13-28-29/h11-14H,8-10H2,1-7H3. The van der Waals surface area contributed by atoms with Crippen LogP contribution in [0.4, 0.5) is 0 Å². The van der Waals surface area contributed by atoms with E-state index in [-0.39, 0.29) is 11.3 Å². The van der Waals surface area contributed by atoms with Crippen LogP contribution in [-0.2, 0) is 11.3 Å². The monoisotopic (exact) mass is 497 g/mol. The summed E-state index contributed by atoms with van der Waals surface area (Å²) in [5.41, 5.74) is 2.95. The van der Waals surface area contributed by atoms with Crippen molar-refractivity contribution < 1.29 is 33.3 Å². The summed E-state index contributed by atoms with van der Waals surface area (Å²) in [6, 6.07) is 3.39. The number of hydrogen-bond acceptors (Lipinski definition) is 9. The van der Waals surface area contributed by atoms with Gasteiger partial charge in [0.15, 0.2) is 0 Å². The van der Waals surface area contributed by atoms with E-state index in [0.29, 0.717) is 64.6 Å². The van der Waals surface area contributed by atoms with Crippen LogP contribution < -0.4 is 18.9 Å². The first-order valence-corrected chi connectivity index (χ1v) is 11.4. The summed E-state index contributed by atoms with van der Waals surface area (Å²) in [6.07, 6.45) is 3.70. The molecule has 0 aliphatic rings. The number of carbonyl (C=O) groups excluding carboxylic acids is 2. The van der Waals surface area contributed by atoms with Crippen molar-refractivity contribution in [3.05, 3.63) is 58.2 Å². The summed E-state index contributed by atoms with van der Waals surface area (Å²) < 4.78 is 29.4. The zero-order valence-electron chi connectivity index (χ0n) is 21.6. The molecule has 2 aromatic carbocycles. The van der Waals surface area contributed by atoms with Crippen LogP contribution in [0.25, 0.3) is 0 Å². The maximum Gasteiger partial charge on any atom is 0.347 e. The third kappa shape index (κ3) is 5.42. The van der Waals surface area contributed by atoms with Gasteiger partial charge in [-0.15, -0.1) is 0 Å². The van der Waals surface area contributed by atoms with Gasteiger partial charge in [-0.2, -0.15) is 5.10 Å². The lowest BCUT2D eigenvalue weighted by Gasteiger charge is -2.20. The van der Waals surface area contributed by atoms with Gasteiger partial charge < -0.3 is 23.7 Å². The van der Waals surface area contributed by atoms with Crippen molar-refractivity contribution in [1.82, 2.24) is 14.8 Å². The van der Waals surface area contributed by atoms with Crippen LogP contribution in [0.1, 0.15) is 49.4 Å². The topological polar surface area (TPSA) is 111 Å². The minimum absolute atomic E-state index is 0.270. The predicted molar refractivity (Wildman–Crippen MR) is 131 cm³/mol. The highest BCUT2D eigenvalue weighted by Gasteiger charge is 2.26. The first-order valence-electron chi connectivity index (χ1n) is 11.4. The molecular formula is C26H31N3O7. The third-order valence-corrected chi connectivity index (χ3v) is 5.82. The number of hydrogen-bond donors (Lipinski definition) is 0. The van der Waals surface area contributed by atoms with Gasteiger partial charge in [-0.05, 0) is 51.0 Å². The molecule has 0 fully saturated rings. The van der Waals surface area contributed by atoms with E-state index < -0.39 is 11.9 Å². The van der Waals surface area contributed by atoms with Gasteiger partial charge in [0.1, 0.15) is 46.8 Å². The maximum absolute atomic E-state index is 13.3. The van der Waals surface area contributed by atoms with Crippen LogP contribution in [0.3, 0.4) is 0 Å². The SMILES string of the molecule is COC(=O)c1c(C)cc(OC(=O)c2c(C)cc(OC)c(C)c2OC)c(C)c1OCCCn1cncn1. The van der Waals surface area contributed by atoms with Gasteiger partial charge in [0.05, 0.1) is 27.9 Å². The Kier molecular flexibility index (Phi) is 8.52.